The molecule has 0 saturated carbocycles. The minimum absolute atomic E-state index is 0.854. The summed E-state index contributed by atoms with van der Waals surface area (Å²) in [7, 11) is 0. The van der Waals surface area contributed by atoms with Gasteiger partial charge in [-0.3, -0.25) is 4.79 Å². The van der Waals surface area contributed by atoms with Gasteiger partial charge in [-0.15, -0.1) is 34.0 Å². The summed E-state index contributed by atoms with van der Waals surface area (Å²) in [6.45, 7) is 13.0. The monoisotopic (exact) mass is 360 g/mol. The van der Waals surface area contributed by atoms with Gasteiger partial charge >= 0.3 is 0 Å². The van der Waals surface area contributed by atoms with Crippen molar-refractivity contribution in [1.29, 1.82) is 0 Å². The number of hydrogen-bond acceptors (Lipinski definition) is 4. The van der Waals surface area contributed by atoms with Crippen LogP contribution in [0.2, 0.25) is 0 Å². The van der Waals surface area contributed by atoms with Crippen molar-refractivity contribution in [1.82, 2.24) is 0 Å². The molecule has 0 aliphatic carbocycles. The molecule has 0 aromatic carbocycles. The highest BCUT2D eigenvalue weighted by molar-refractivity contribution is 7.27. The smallest absolute Gasteiger partial charge is 0.160 e. The molecule has 0 bridgehead atoms. The molecule has 0 fully saturated rings. The fourth-order valence-corrected chi connectivity index (χ4v) is 6.73. The van der Waals surface area contributed by atoms with Gasteiger partial charge in [-0.05, 0) is 80.3 Å². The van der Waals surface area contributed by atoms with Crippen LogP contribution >= 0.6 is 34.0 Å². The molecule has 23 heavy (non-hydrogen) atoms. The summed E-state index contributed by atoms with van der Waals surface area (Å²) < 4.78 is 0. The molecule has 0 aliphatic heterocycles. The predicted molar refractivity (Wildman–Crippen MR) is 105 cm³/mol. The SMILES string of the molecule is Cc1csc(-c2sc(-c3sc(C=O)c(C)c3C)c(C)c2C)c1C. The molecule has 0 radical (unpaired) electrons. The van der Waals surface area contributed by atoms with Crippen molar-refractivity contribution < 1.29 is 4.79 Å². The van der Waals surface area contributed by atoms with Gasteiger partial charge in [0.15, 0.2) is 6.29 Å². The number of thiophene rings is 3. The fraction of sp³-hybridized carbons (Fsp3) is 0.316. The van der Waals surface area contributed by atoms with Crippen molar-refractivity contribution in [3.8, 4) is 19.5 Å². The maximum atomic E-state index is 11.3. The Labute approximate surface area is 149 Å². The van der Waals surface area contributed by atoms with Crippen molar-refractivity contribution >= 4 is 40.3 Å². The van der Waals surface area contributed by atoms with Crippen molar-refractivity contribution in [2.45, 2.75) is 41.5 Å². The van der Waals surface area contributed by atoms with Gasteiger partial charge in [0.05, 0.1) is 4.88 Å². The average molecular weight is 361 g/mol. The van der Waals surface area contributed by atoms with Crippen molar-refractivity contribution in [3.05, 3.63) is 43.6 Å². The zero-order valence-electron chi connectivity index (χ0n) is 14.3. The van der Waals surface area contributed by atoms with Crippen LogP contribution in [-0.4, -0.2) is 6.29 Å². The lowest BCUT2D eigenvalue weighted by Gasteiger charge is -1.99. The first-order valence-electron chi connectivity index (χ1n) is 7.57. The molecule has 0 amide bonds. The van der Waals surface area contributed by atoms with Crippen LogP contribution in [0, 0.1) is 41.5 Å². The fourth-order valence-electron chi connectivity index (χ4n) is 2.70. The van der Waals surface area contributed by atoms with Crippen LogP contribution in [0.5, 0.6) is 0 Å². The van der Waals surface area contributed by atoms with E-state index in [1.165, 1.54) is 47.3 Å². The lowest BCUT2D eigenvalue weighted by Crippen LogP contribution is -1.81. The van der Waals surface area contributed by atoms with Gasteiger partial charge in [-0.25, -0.2) is 0 Å². The minimum atomic E-state index is 0.854. The topological polar surface area (TPSA) is 17.1 Å². The molecule has 0 spiro atoms. The zero-order chi connectivity index (χ0) is 16.9. The number of carbonyl (C=O) groups excluding carboxylic acids is 1. The number of aldehydes is 1. The van der Waals surface area contributed by atoms with Crippen molar-refractivity contribution in [3.63, 3.8) is 0 Å². The molecule has 3 aromatic rings. The summed E-state index contributed by atoms with van der Waals surface area (Å²) in [5.41, 5.74) is 7.83. The van der Waals surface area contributed by atoms with Gasteiger partial charge < -0.3 is 0 Å². The number of rotatable bonds is 3. The average Bonchev–Trinajstić information content (AvgIpc) is 3.11. The molecule has 0 atom stereocenters. The molecule has 3 rings (SSSR count). The van der Waals surface area contributed by atoms with E-state index >= 15 is 0 Å². The first-order chi connectivity index (χ1) is 10.9. The third-order valence-corrected chi connectivity index (χ3v) is 8.98. The van der Waals surface area contributed by atoms with Crippen LogP contribution in [-0.2, 0) is 0 Å². The second kappa shape index (κ2) is 6.00. The van der Waals surface area contributed by atoms with Gasteiger partial charge in [0, 0.05) is 19.5 Å². The molecule has 4 heteroatoms. The van der Waals surface area contributed by atoms with Crippen molar-refractivity contribution in [2.75, 3.05) is 0 Å². The molecule has 3 aromatic heterocycles. The number of aryl methyl sites for hydroxylation is 1. The summed E-state index contributed by atoms with van der Waals surface area (Å²) in [5, 5.41) is 2.24. The highest BCUT2D eigenvalue weighted by Crippen LogP contribution is 2.48. The van der Waals surface area contributed by atoms with Crippen LogP contribution in [0.25, 0.3) is 19.5 Å². The maximum Gasteiger partial charge on any atom is 0.160 e. The first kappa shape index (κ1) is 16.6. The minimum Gasteiger partial charge on any atom is -0.297 e. The third-order valence-electron chi connectivity index (χ3n) is 4.74. The van der Waals surface area contributed by atoms with E-state index in [2.05, 4.69) is 40.0 Å². The molecule has 0 N–H and O–H groups in total. The number of carbonyl (C=O) groups is 1. The summed E-state index contributed by atoms with van der Waals surface area (Å²) in [6.07, 6.45) is 0.986. The third kappa shape index (κ3) is 2.53. The van der Waals surface area contributed by atoms with Crippen LogP contribution < -0.4 is 0 Å². The van der Waals surface area contributed by atoms with E-state index in [9.17, 15) is 4.79 Å². The summed E-state index contributed by atoms with van der Waals surface area (Å²) in [4.78, 5) is 17.5. The molecule has 0 aliphatic rings. The Bertz CT molecular complexity index is 906. The molecular formula is C19H20OS3. The van der Waals surface area contributed by atoms with Gasteiger partial charge in [0.25, 0.3) is 0 Å². The Hall–Kier alpha value is -1.23. The Kier molecular flexibility index (Phi) is 4.34. The molecule has 1 nitrogen and oxygen atoms in total. The molecule has 3 heterocycles. The summed E-state index contributed by atoms with van der Waals surface area (Å²) >= 11 is 5.33. The van der Waals surface area contributed by atoms with E-state index in [0.717, 1.165) is 16.7 Å². The lowest BCUT2D eigenvalue weighted by molar-refractivity contribution is 0.112. The van der Waals surface area contributed by atoms with E-state index in [1.807, 2.05) is 29.6 Å². The molecule has 0 saturated heterocycles. The second-order valence-corrected chi connectivity index (χ2v) is 9.00. The maximum absolute atomic E-state index is 11.3. The number of hydrogen-bond donors (Lipinski definition) is 0. The Morgan fingerprint density at radius 2 is 1.22 bits per heavy atom. The second-order valence-electron chi connectivity index (χ2n) is 6.05. The highest BCUT2D eigenvalue weighted by Gasteiger charge is 2.21. The van der Waals surface area contributed by atoms with Gasteiger partial charge in [-0.2, -0.15) is 0 Å². The molecular weight excluding hydrogens is 340 g/mol. The van der Waals surface area contributed by atoms with Crippen LogP contribution in [0.1, 0.15) is 43.1 Å². The zero-order valence-corrected chi connectivity index (χ0v) is 16.7. The van der Waals surface area contributed by atoms with Gasteiger partial charge in [0.2, 0.25) is 0 Å². The van der Waals surface area contributed by atoms with Gasteiger partial charge in [0.1, 0.15) is 0 Å². The Balaban J connectivity index is 2.22. The predicted octanol–water partition coefficient (Wildman–Crippen LogP) is 6.87. The van der Waals surface area contributed by atoms with E-state index in [-0.39, 0.29) is 0 Å². The van der Waals surface area contributed by atoms with E-state index < -0.39 is 0 Å². The highest BCUT2D eigenvalue weighted by atomic mass is 32.1. The lowest BCUT2D eigenvalue weighted by atomic mass is 10.1. The normalized spacial score (nSPS) is 11.2. The quantitative estimate of drug-likeness (QED) is 0.466. The van der Waals surface area contributed by atoms with Crippen LogP contribution in [0.15, 0.2) is 5.38 Å². The summed E-state index contributed by atoms with van der Waals surface area (Å²) in [5.74, 6) is 0. The Morgan fingerprint density at radius 3 is 1.70 bits per heavy atom. The van der Waals surface area contributed by atoms with E-state index in [0.29, 0.717) is 0 Å². The standard InChI is InChI=1S/C19H20OS3/c1-9-8-21-16(10(9)2)17-13(5)14(6)19(23-17)18-12(4)11(3)15(7-20)22-18/h7-8H,1-6H3. The van der Waals surface area contributed by atoms with E-state index in [4.69, 9.17) is 0 Å². The summed E-state index contributed by atoms with van der Waals surface area (Å²) in [6, 6.07) is 0. The molecule has 0 unspecified atom stereocenters. The molecule has 120 valence electrons. The largest absolute Gasteiger partial charge is 0.297 e. The first-order valence-corrected chi connectivity index (χ1v) is 10.1. The van der Waals surface area contributed by atoms with Crippen LogP contribution in [0.3, 0.4) is 0 Å². The van der Waals surface area contributed by atoms with E-state index in [1.54, 1.807) is 11.3 Å². The Morgan fingerprint density at radius 1 is 0.696 bits per heavy atom. The van der Waals surface area contributed by atoms with Crippen molar-refractivity contribution in [2.24, 2.45) is 0 Å². The van der Waals surface area contributed by atoms with Crippen LogP contribution in [0.4, 0.5) is 0 Å². The van der Waals surface area contributed by atoms with Gasteiger partial charge in [-0.1, -0.05) is 0 Å².